The van der Waals surface area contributed by atoms with Crippen LogP contribution in [-0.4, -0.2) is 24.4 Å². The molecule has 0 saturated heterocycles. The maximum absolute atomic E-state index is 12.2. The minimum Gasteiger partial charge on any atom is -0.454 e. The van der Waals surface area contributed by atoms with Gasteiger partial charge in [0.05, 0.1) is 11.8 Å². The summed E-state index contributed by atoms with van der Waals surface area (Å²) in [5.41, 5.74) is 1.70. The van der Waals surface area contributed by atoms with Crippen molar-refractivity contribution in [3.63, 3.8) is 0 Å². The smallest absolute Gasteiger partial charge is 0.231 e. The molecule has 1 unspecified atom stereocenters. The summed E-state index contributed by atoms with van der Waals surface area (Å²) in [4.78, 5) is 24.2. The number of rotatable bonds is 6. The maximum atomic E-state index is 12.2. The molecule has 0 saturated carbocycles. The second-order valence-corrected chi connectivity index (χ2v) is 6.94. The highest BCUT2D eigenvalue weighted by molar-refractivity contribution is 8.00. The standard InChI is InChI=1S/C19H20N2O4S/c1-12(14-3-8-17-18(9-14)25-11-24-17)20-19(23)10-26-16-6-4-15(5-7-16)21-13(2)22/h3-9,12H,10-11H2,1-2H3,(H,20,23)(H,21,22). The van der Waals surface area contributed by atoms with Crippen LogP contribution < -0.4 is 20.1 Å². The highest BCUT2D eigenvalue weighted by atomic mass is 32.2. The molecule has 1 atom stereocenters. The van der Waals surface area contributed by atoms with Gasteiger partial charge in [-0.15, -0.1) is 11.8 Å². The number of amides is 2. The van der Waals surface area contributed by atoms with E-state index in [4.69, 9.17) is 9.47 Å². The molecule has 2 aromatic rings. The van der Waals surface area contributed by atoms with E-state index >= 15 is 0 Å². The first-order valence-corrected chi connectivity index (χ1v) is 9.19. The predicted octanol–water partition coefficient (Wildman–Crippen LogP) is 3.34. The Balaban J connectivity index is 1.50. The molecule has 2 N–H and O–H groups in total. The number of carbonyl (C=O) groups is 2. The first kappa shape index (κ1) is 18.1. The van der Waals surface area contributed by atoms with Crippen molar-refractivity contribution < 1.29 is 19.1 Å². The lowest BCUT2D eigenvalue weighted by atomic mass is 10.1. The lowest BCUT2D eigenvalue weighted by Gasteiger charge is -2.15. The summed E-state index contributed by atoms with van der Waals surface area (Å²) in [7, 11) is 0. The lowest BCUT2D eigenvalue weighted by molar-refractivity contribution is -0.119. The van der Waals surface area contributed by atoms with Crippen molar-refractivity contribution in [2.75, 3.05) is 17.9 Å². The van der Waals surface area contributed by atoms with E-state index in [1.165, 1.54) is 18.7 Å². The van der Waals surface area contributed by atoms with Gasteiger partial charge in [0, 0.05) is 17.5 Å². The van der Waals surface area contributed by atoms with Crippen molar-refractivity contribution in [1.82, 2.24) is 5.32 Å². The van der Waals surface area contributed by atoms with Crippen LogP contribution in [0.4, 0.5) is 5.69 Å². The number of carbonyl (C=O) groups excluding carboxylic acids is 2. The van der Waals surface area contributed by atoms with Crippen LogP contribution in [0.1, 0.15) is 25.5 Å². The molecule has 136 valence electrons. The van der Waals surface area contributed by atoms with Crippen LogP contribution in [0.15, 0.2) is 47.4 Å². The molecule has 0 aromatic heterocycles. The number of ether oxygens (including phenoxy) is 2. The molecule has 1 heterocycles. The van der Waals surface area contributed by atoms with E-state index in [0.29, 0.717) is 11.5 Å². The minimum absolute atomic E-state index is 0.0499. The molecular weight excluding hydrogens is 352 g/mol. The van der Waals surface area contributed by atoms with Gasteiger partial charge in [-0.25, -0.2) is 0 Å². The van der Waals surface area contributed by atoms with Gasteiger partial charge in [-0.3, -0.25) is 9.59 Å². The highest BCUT2D eigenvalue weighted by Crippen LogP contribution is 2.34. The summed E-state index contributed by atoms with van der Waals surface area (Å²) in [6.07, 6.45) is 0. The molecule has 0 spiro atoms. The molecule has 0 aliphatic carbocycles. The van der Waals surface area contributed by atoms with E-state index in [1.54, 1.807) is 0 Å². The molecule has 2 aromatic carbocycles. The van der Waals surface area contributed by atoms with Gasteiger partial charge >= 0.3 is 0 Å². The summed E-state index contributed by atoms with van der Waals surface area (Å²) in [5, 5.41) is 5.69. The second-order valence-electron chi connectivity index (χ2n) is 5.90. The van der Waals surface area contributed by atoms with Gasteiger partial charge in [0.1, 0.15) is 0 Å². The fourth-order valence-electron chi connectivity index (χ4n) is 2.54. The number of fused-ring (bicyclic) bond motifs is 1. The number of nitrogens with one attached hydrogen (secondary N) is 2. The molecule has 6 nitrogen and oxygen atoms in total. The highest BCUT2D eigenvalue weighted by Gasteiger charge is 2.16. The van der Waals surface area contributed by atoms with Crippen LogP contribution in [0.25, 0.3) is 0 Å². The number of benzene rings is 2. The van der Waals surface area contributed by atoms with Crippen molar-refractivity contribution in [2.24, 2.45) is 0 Å². The SMILES string of the molecule is CC(=O)Nc1ccc(SCC(=O)NC(C)c2ccc3c(c2)OCO3)cc1. The van der Waals surface area contributed by atoms with Crippen LogP contribution in [0.2, 0.25) is 0 Å². The largest absolute Gasteiger partial charge is 0.454 e. The Kier molecular flexibility index (Phi) is 5.68. The fraction of sp³-hybridized carbons (Fsp3) is 0.263. The normalized spacial score (nSPS) is 13.2. The summed E-state index contributed by atoms with van der Waals surface area (Å²) in [6.45, 7) is 3.63. The molecule has 26 heavy (non-hydrogen) atoms. The van der Waals surface area contributed by atoms with Gasteiger partial charge in [-0.1, -0.05) is 6.07 Å². The van der Waals surface area contributed by atoms with E-state index < -0.39 is 0 Å². The zero-order valence-electron chi connectivity index (χ0n) is 14.6. The summed E-state index contributed by atoms with van der Waals surface area (Å²) < 4.78 is 10.7. The van der Waals surface area contributed by atoms with Gasteiger partial charge < -0.3 is 20.1 Å². The maximum Gasteiger partial charge on any atom is 0.231 e. The molecule has 0 fully saturated rings. The van der Waals surface area contributed by atoms with Crippen molar-refractivity contribution >= 4 is 29.3 Å². The Bertz CT molecular complexity index is 808. The molecule has 1 aliphatic rings. The Morgan fingerprint density at radius 2 is 1.85 bits per heavy atom. The molecule has 2 amide bonds. The van der Waals surface area contributed by atoms with Gasteiger partial charge in [0.2, 0.25) is 18.6 Å². The third-order valence-corrected chi connectivity index (χ3v) is 4.83. The molecule has 0 radical (unpaired) electrons. The zero-order chi connectivity index (χ0) is 18.5. The van der Waals surface area contributed by atoms with Gasteiger partial charge in [0.15, 0.2) is 11.5 Å². The van der Waals surface area contributed by atoms with E-state index in [0.717, 1.165) is 21.9 Å². The molecule has 1 aliphatic heterocycles. The quantitative estimate of drug-likeness (QED) is 0.761. The summed E-state index contributed by atoms with van der Waals surface area (Å²) in [5.74, 6) is 1.59. The van der Waals surface area contributed by atoms with E-state index in [-0.39, 0.29) is 24.6 Å². The number of anilines is 1. The molecule has 3 rings (SSSR count). The van der Waals surface area contributed by atoms with Gasteiger partial charge in [-0.2, -0.15) is 0 Å². The van der Waals surface area contributed by atoms with Crippen LogP contribution in [-0.2, 0) is 9.59 Å². The van der Waals surface area contributed by atoms with Crippen LogP contribution >= 0.6 is 11.8 Å². The lowest BCUT2D eigenvalue weighted by Crippen LogP contribution is -2.28. The van der Waals surface area contributed by atoms with Crippen LogP contribution in [0, 0.1) is 0 Å². The average Bonchev–Trinajstić information content (AvgIpc) is 3.08. The predicted molar refractivity (Wildman–Crippen MR) is 101 cm³/mol. The molecular formula is C19H20N2O4S. The molecule has 7 heteroatoms. The summed E-state index contributed by atoms with van der Waals surface area (Å²) >= 11 is 1.44. The summed E-state index contributed by atoms with van der Waals surface area (Å²) in [6, 6.07) is 12.9. The Hall–Kier alpha value is -2.67. The third kappa shape index (κ3) is 4.70. The Labute approximate surface area is 156 Å². The topological polar surface area (TPSA) is 76.7 Å². The minimum atomic E-state index is -0.125. The number of hydrogen-bond acceptors (Lipinski definition) is 5. The van der Waals surface area contributed by atoms with Crippen LogP contribution in [0.5, 0.6) is 11.5 Å². The van der Waals surface area contributed by atoms with Gasteiger partial charge in [0.25, 0.3) is 0 Å². The van der Waals surface area contributed by atoms with Crippen LogP contribution in [0.3, 0.4) is 0 Å². The van der Waals surface area contributed by atoms with E-state index in [1.807, 2.05) is 49.4 Å². The van der Waals surface area contributed by atoms with E-state index in [2.05, 4.69) is 10.6 Å². The second kappa shape index (κ2) is 8.14. The van der Waals surface area contributed by atoms with Crippen molar-refractivity contribution in [2.45, 2.75) is 24.8 Å². The first-order valence-electron chi connectivity index (χ1n) is 8.20. The zero-order valence-corrected chi connectivity index (χ0v) is 15.4. The van der Waals surface area contributed by atoms with Crippen molar-refractivity contribution in [3.8, 4) is 11.5 Å². The molecule has 0 bridgehead atoms. The Morgan fingerprint density at radius 3 is 2.58 bits per heavy atom. The monoisotopic (exact) mass is 372 g/mol. The van der Waals surface area contributed by atoms with Gasteiger partial charge in [-0.05, 0) is 48.9 Å². The van der Waals surface area contributed by atoms with Crippen molar-refractivity contribution in [3.05, 3.63) is 48.0 Å². The average molecular weight is 372 g/mol. The Morgan fingerprint density at radius 1 is 1.12 bits per heavy atom. The fourth-order valence-corrected chi connectivity index (χ4v) is 3.25. The number of hydrogen-bond donors (Lipinski definition) is 2. The first-order chi connectivity index (χ1) is 12.5. The number of thioether (sulfide) groups is 1. The third-order valence-electron chi connectivity index (χ3n) is 3.82. The van der Waals surface area contributed by atoms with E-state index in [9.17, 15) is 9.59 Å². The van der Waals surface area contributed by atoms with Crippen molar-refractivity contribution in [1.29, 1.82) is 0 Å².